The Morgan fingerprint density at radius 1 is 1.18 bits per heavy atom. The third-order valence-electron chi connectivity index (χ3n) is 6.27. The highest BCUT2D eigenvalue weighted by molar-refractivity contribution is 5.98. The van der Waals surface area contributed by atoms with E-state index in [2.05, 4.69) is 10.1 Å². The van der Waals surface area contributed by atoms with E-state index in [0.29, 0.717) is 28.8 Å². The van der Waals surface area contributed by atoms with Crippen LogP contribution in [0.1, 0.15) is 46.6 Å². The molecule has 0 spiro atoms. The van der Waals surface area contributed by atoms with E-state index in [1.54, 1.807) is 41.8 Å². The number of fused-ring (bicyclic) bond motifs is 2. The van der Waals surface area contributed by atoms with Crippen molar-refractivity contribution >= 4 is 16.8 Å². The molecule has 2 aromatic carbocycles. The first-order chi connectivity index (χ1) is 15.6. The van der Waals surface area contributed by atoms with Crippen LogP contribution in [0.5, 0.6) is 0 Å². The Morgan fingerprint density at radius 3 is 2.67 bits per heavy atom. The maximum absolute atomic E-state index is 15.4. The lowest BCUT2D eigenvalue weighted by Crippen LogP contribution is -2.24. The molecule has 0 radical (unpaired) electrons. The minimum absolute atomic E-state index is 0.129. The monoisotopic (exact) mass is 444 g/mol. The molecule has 0 fully saturated rings. The first-order valence-corrected chi connectivity index (χ1v) is 10.8. The number of hydrogen-bond acceptors (Lipinski definition) is 4. The van der Waals surface area contributed by atoms with Gasteiger partial charge in [-0.3, -0.25) is 14.5 Å². The van der Waals surface area contributed by atoms with Crippen LogP contribution >= 0.6 is 0 Å². The number of nitrogens with zero attached hydrogens (tertiary/aromatic N) is 4. The van der Waals surface area contributed by atoms with Gasteiger partial charge in [-0.25, -0.2) is 4.39 Å². The molecule has 1 N–H and O–H groups in total. The zero-order valence-electron chi connectivity index (χ0n) is 19.1. The van der Waals surface area contributed by atoms with Crippen LogP contribution in [-0.4, -0.2) is 30.7 Å². The molecule has 0 saturated carbocycles. The number of rotatable bonds is 4. The summed E-state index contributed by atoms with van der Waals surface area (Å²) in [5, 5.41) is 16.0. The lowest BCUT2D eigenvalue weighted by atomic mass is 9.90. The lowest BCUT2D eigenvalue weighted by Gasteiger charge is -2.20. The number of carbonyl (C=O) groups is 1. The Balaban J connectivity index is 1.55. The zero-order valence-corrected chi connectivity index (χ0v) is 19.1. The zero-order chi connectivity index (χ0) is 23.5. The number of pyridine rings is 1. The maximum Gasteiger partial charge on any atom is 0.256 e. The van der Waals surface area contributed by atoms with E-state index in [-0.39, 0.29) is 18.3 Å². The highest BCUT2D eigenvalue weighted by Crippen LogP contribution is 2.35. The van der Waals surface area contributed by atoms with E-state index in [9.17, 15) is 9.90 Å². The molecule has 1 aliphatic rings. The van der Waals surface area contributed by atoms with E-state index in [4.69, 9.17) is 0 Å². The van der Waals surface area contributed by atoms with Crippen molar-refractivity contribution in [3.05, 3.63) is 82.6 Å². The molecule has 7 heteroatoms. The van der Waals surface area contributed by atoms with Crippen molar-refractivity contribution in [1.29, 1.82) is 0 Å². The summed E-state index contributed by atoms with van der Waals surface area (Å²) in [7, 11) is 1.84. The summed E-state index contributed by atoms with van der Waals surface area (Å²) >= 11 is 0. The second-order valence-corrected chi connectivity index (χ2v) is 9.23. The van der Waals surface area contributed by atoms with Gasteiger partial charge in [-0.1, -0.05) is 6.07 Å². The van der Waals surface area contributed by atoms with Crippen molar-refractivity contribution in [3.8, 4) is 11.1 Å². The number of benzene rings is 2. The fourth-order valence-electron chi connectivity index (χ4n) is 4.46. The fraction of sp³-hybridized carbons (Fsp3) is 0.269. The second kappa shape index (κ2) is 7.49. The summed E-state index contributed by atoms with van der Waals surface area (Å²) in [6, 6.07) is 10.7. The van der Waals surface area contributed by atoms with Crippen LogP contribution in [-0.2, 0) is 25.7 Å². The van der Waals surface area contributed by atoms with Gasteiger partial charge >= 0.3 is 0 Å². The number of halogens is 1. The van der Waals surface area contributed by atoms with Gasteiger partial charge in [-0.15, -0.1) is 0 Å². The molecule has 3 heterocycles. The summed E-state index contributed by atoms with van der Waals surface area (Å²) < 4.78 is 17.1. The van der Waals surface area contributed by atoms with Gasteiger partial charge in [0.05, 0.1) is 28.9 Å². The van der Waals surface area contributed by atoms with Gasteiger partial charge in [0.2, 0.25) is 0 Å². The van der Waals surface area contributed by atoms with Crippen LogP contribution < -0.4 is 0 Å². The van der Waals surface area contributed by atoms with Crippen LogP contribution in [0.3, 0.4) is 0 Å². The number of aliphatic hydroxyl groups is 1. The normalized spacial score (nSPS) is 13.8. The van der Waals surface area contributed by atoms with E-state index < -0.39 is 5.60 Å². The Hall–Kier alpha value is -3.58. The molecular weight excluding hydrogens is 419 g/mol. The smallest absolute Gasteiger partial charge is 0.256 e. The van der Waals surface area contributed by atoms with Crippen molar-refractivity contribution in [2.45, 2.75) is 39.5 Å². The van der Waals surface area contributed by atoms with Crippen LogP contribution in [0.25, 0.3) is 22.0 Å². The molecule has 5 rings (SSSR count). The van der Waals surface area contributed by atoms with Crippen LogP contribution in [0.4, 0.5) is 4.39 Å². The molecule has 0 aliphatic carbocycles. The first-order valence-electron chi connectivity index (χ1n) is 10.8. The van der Waals surface area contributed by atoms with Gasteiger partial charge in [-0.2, -0.15) is 5.10 Å². The molecular formula is C26H25FN4O2. The third kappa shape index (κ3) is 3.68. The summed E-state index contributed by atoms with van der Waals surface area (Å²) in [6.45, 7) is 5.85. The molecule has 1 amide bonds. The Labute approximate surface area is 191 Å². The highest BCUT2D eigenvalue weighted by atomic mass is 19.1. The Kier molecular flexibility index (Phi) is 4.83. The predicted molar refractivity (Wildman–Crippen MR) is 124 cm³/mol. The standard InChI is InChI=1S/C26H25FN4O2/c1-15-8-16(19-10-17(26(2,3)33)11-23-21(19)12-30(4)29-23)9-22(27)20(15)13-31-14-24-18(25(31)32)6-5-7-28-24/h5-12,33H,13-14H2,1-4H3. The summed E-state index contributed by atoms with van der Waals surface area (Å²) in [4.78, 5) is 18.6. The predicted octanol–water partition coefficient (Wildman–Crippen LogP) is 4.47. The minimum atomic E-state index is -1.06. The van der Waals surface area contributed by atoms with Crippen molar-refractivity contribution in [1.82, 2.24) is 19.7 Å². The highest BCUT2D eigenvalue weighted by Gasteiger charge is 2.29. The molecule has 4 aromatic rings. The minimum Gasteiger partial charge on any atom is -0.386 e. The van der Waals surface area contributed by atoms with Gasteiger partial charge in [0.15, 0.2) is 0 Å². The second-order valence-electron chi connectivity index (χ2n) is 9.23. The molecule has 6 nitrogen and oxygen atoms in total. The molecule has 168 valence electrons. The molecule has 0 bridgehead atoms. The Morgan fingerprint density at radius 2 is 1.97 bits per heavy atom. The van der Waals surface area contributed by atoms with Gasteiger partial charge < -0.3 is 10.0 Å². The van der Waals surface area contributed by atoms with E-state index in [1.807, 2.05) is 38.4 Å². The fourth-order valence-corrected chi connectivity index (χ4v) is 4.46. The number of carbonyl (C=O) groups excluding carboxylic acids is 1. The van der Waals surface area contributed by atoms with Crippen molar-refractivity contribution in [2.75, 3.05) is 0 Å². The summed E-state index contributed by atoms with van der Waals surface area (Å²) in [5.41, 5.74) is 4.44. The topological polar surface area (TPSA) is 71.2 Å². The lowest BCUT2D eigenvalue weighted by molar-refractivity contribution is 0.0763. The average molecular weight is 445 g/mol. The van der Waals surface area contributed by atoms with E-state index >= 15 is 4.39 Å². The van der Waals surface area contributed by atoms with Gasteiger partial charge in [0.1, 0.15) is 5.82 Å². The van der Waals surface area contributed by atoms with E-state index in [1.165, 1.54) is 6.07 Å². The third-order valence-corrected chi connectivity index (χ3v) is 6.27. The average Bonchev–Trinajstić information content (AvgIpc) is 3.28. The van der Waals surface area contributed by atoms with Crippen LogP contribution in [0.15, 0.2) is 48.8 Å². The molecule has 0 atom stereocenters. The quantitative estimate of drug-likeness (QED) is 0.504. The number of aromatic nitrogens is 3. The molecule has 0 saturated heterocycles. The summed E-state index contributed by atoms with van der Waals surface area (Å²) in [5.74, 6) is -0.497. The van der Waals surface area contributed by atoms with Crippen molar-refractivity contribution < 1.29 is 14.3 Å². The molecule has 1 aliphatic heterocycles. The van der Waals surface area contributed by atoms with Gasteiger partial charge in [0, 0.05) is 36.9 Å². The number of hydrogen-bond donors (Lipinski definition) is 1. The van der Waals surface area contributed by atoms with Crippen molar-refractivity contribution in [2.24, 2.45) is 7.05 Å². The SMILES string of the molecule is Cc1cc(-c2cc(C(C)(C)O)cc3nn(C)cc23)cc(F)c1CN1Cc2ncccc2C1=O. The largest absolute Gasteiger partial charge is 0.386 e. The molecule has 33 heavy (non-hydrogen) atoms. The molecule has 0 unspecified atom stereocenters. The van der Waals surface area contributed by atoms with Crippen molar-refractivity contribution in [3.63, 3.8) is 0 Å². The maximum atomic E-state index is 15.4. The van der Waals surface area contributed by atoms with Gasteiger partial charge in [-0.05, 0) is 73.4 Å². The molecule has 2 aromatic heterocycles. The van der Waals surface area contributed by atoms with E-state index in [0.717, 1.165) is 27.7 Å². The Bertz CT molecular complexity index is 1390. The number of amides is 1. The number of aryl methyl sites for hydroxylation is 2. The van der Waals surface area contributed by atoms with Gasteiger partial charge in [0.25, 0.3) is 5.91 Å². The first kappa shape index (κ1) is 21.3. The van der Waals surface area contributed by atoms with Crippen LogP contribution in [0, 0.1) is 12.7 Å². The van der Waals surface area contributed by atoms with Crippen LogP contribution in [0.2, 0.25) is 0 Å². The summed E-state index contributed by atoms with van der Waals surface area (Å²) in [6.07, 6.45) is 3.56.